The van der Waals surface area contributed by atoms with Gasteiger partial charge in [0.05, 0.1) is 6.10 Å². The zero-order chi connectivity index (χ0) is 17.8. The summed E-state index contributed by atoms with van der Waals surface area (Å²) in [6.07, 6.45) is 6.50. The lowest BCUT2D eigenvalue weighted by Gasteiger charge is -2.34. The van der Waals surface area contributed by atoms with E-state index in [0.717, 1.165) is 18.3 Å². The summed E-state index contributed by atoms with van der Waals surface area (Å²) in [4.78, 5) is 2.70. The highest BCUT2D eigenvalue weighted by molar-refractivity contribution is 5.85. The second-order valence-electron chi connectivity index (χ2n) is 8.05. The highest BCUT2D eigenvalue weighted by Gasteiger charge is 2.27. The molecule has 0 aromatic heterocycles. The molecule has 1 fully saturated rings. The van der Waals surface area contributed by atoms with Gasteiger partial charge in [-0.15, -0.1) is 12.4 Å². The Kier molecular flexibility index (Phi) is 7.34. The Bertz CT molecular complexity index is 697. The van der Waals surface area contributed by atoms with Gasteiger partial charge in [0.15, 0.2) is 0 Å². The van der Waals surface area contributed by atoms with Crippen LogP contribution >= 0.6 is 12.4 Å². The standard InChI is InChI=1S/C24H31NO.ClH/c1-26-24-17-19(11-12-22-9-5-6-10-23(22)24)18-25-15-13-21(14-16-25)20-7-3-2-4-8-20;/h2-10,19,21,24H,11-18H2,1H3;1H. The highest BCUT2D eigenvalue weighted by atomic mass is 35.5. The summed E-state index contributed by atoms with van der Waals surface area (Å²) >= 11 is 0. The number of hydrogen-bond donors (Lipinski definition) is 0. The van der Waals surface area contributed by atoms with Crippen molar-refractivity contribution in [1.29, 1.82) is 0 Å². The molecular weight excluding hydrogens is 354 g/mol. The number of nitrogens with zero attached hydrogens (tertiary/aromatic N) is 1. The third kappa shape index (κ3) is 4.93. The van der Waals surface area contributed by atoms with Gasteiger partial charge in [-0.2, -0.15) is 0 Å². The number of halogens is 1. The molecule has 2 aromatic carbocycles. The van der Waals surface area contributed by atoms with Crippen molar-refractivity contribution in [3.8, 4) is 0 Å². The number of hydrogen-bond acceptors (Lipinski definition) is 2. The fraction of sp³-hybridized carbons (Fsp3) is 0.500. The number of methoxy groups -OCH3 is 1. The monoisotopic (exact) mass is 385 g/mol. The van der Waals surface area contributed by atoms with Crippen molar-refractivity contribution in [2.45, 2.75) is 44.1 Å². The number of piperidine rings is 1. The Morgan fingerprint density at radius 3 is 2.37 bits per heavy atom. The number of rotatable bonds is 4. The van der Waals surface area contributed by atoms with Crippen LogP contribution in [-0.2, 0) is 11.2 Å². The van der Waals surface area contributed by atoms with E-state index >= 15 is 0 Å². The Morgan fingerprint density at radius 2 is 1.63 bits per heavy atom. The molecular formula is C24H32ClNO. The number of aryl methyl sites for hydroxylation is 1. The molecule has 2 atom stereocenters. The van der Waals surface area contributed by atoms with E-state index in [1.165, 1.54) is 62.0 Å². The van der Waals surface area contributed by atoms with Crippen LogP contribution in [-0.4, -0.2) is 31.6 Å². The maximum atomic E-state index is 5.87. The first-order valence-electron chi connectivity index (χ1n) is 10.2. The summed E-state index contributed by atoms with van der Waals surface area (Å²) in [5.41, 5.74) is 4.43. The fourth-order valence-corrected chi connectivity index (χ4v) is 4.91. The summed E-state index contributed by atoms with van der Waals surface area (Å²) < 4.78 is 5.87. The first-order chi connectivity index (χ1) is 12.8. The third-order valence-electron chi connectivity index (χ3n) is 6.43. The summed E-state index contributed by atoms with van der Waals surface area (Å²) in [7, 11) is 1.87. The van der Waals surface area contributed by atoms with E-state index < -0.39 is 0 Å². The van der Waals surface area contributed by atoms with Gasteiger partial charge in [0, 0.05) is 13.7 Å². The molecule has 2 aromatic rings. The number of fused-ring (bicyclic) bond motifs is 1. The van der Waals surface area contributed by atoms with Gasteiger partial charge in [0.1, 0.15) is 0 Å². The number of benzene rings is 2. The minimum Gasteiger partial charge on any atom is -0.377 e. The SMILES string of the molecule is COC1CC(CN2CCC(c3ccccc3)CC2)CCc2ccccc21.Cl. The molecule has 27 heavy (non-hydrogen) atoms. The summed E-state index contributed by atoms with van der Waals surface area (Å²) in [5.74, 6) is 1.48. The summed E-state index contributed by atoms with van der Waals surface area (Å²) in [6, 6.07) is 19.9. The Morgan fingerprint density at radius 1 is 0.926 bits per heavy atom. The lowest BCUT2D eigenvalue weighted by atomic mass is 9.88. The zero-order valence-corrected chi connectivity index (χ0v) is 17.2. The highest BCUT2D eigenvalue weighted by Crippen LogP contribution is 2.35. The van der Waals surface area contributed by atoms with Crippen molar-refractivity contribution in [2.24, 2.45) is 5.92 Å². The van der Waals surface area contributed by atoms with Crippen LogP contribution in [0.4, 0.5) is 0 Å². The van der Waals surface area contributed by atoms with Crippen LogP contribution in [0.25, 0.3) is 0 Å². The molecule has 0 N–H and O–H groups in total. The van der Waals surface area contributed by atoms with Crippen LogP contribution in [0.1, 0.15) is 54.4 Å². The van der Waals surface area contributed by atoms with Crippen molar-refractivity contribution in [3.05, 3.63) is 71.3 Å². The number of likely N-dealkylation sites (tertiary alicyclic amines) is 1. The van der Waals surface area contributed by atoms with Crippen molar-refractivity contribution in [1.82, 2.24) is 4.90 Å². The van der Waals surface area contributed by atoms with E-state index in [0.29, 0.717) is 0 Å². The fourth-order valence-electron chi connectivity index (χ4n) is 4.91. The van der Waals surface area contributed by atoms with Gasteiger partial charge in [-0.05, 0) is 73.7 Å². The molecule has 1 aliphatic heterocycles. The Hall–Kier alpha value is -1.35. The smallest absolute Gasteiger partial charge is 0.0826 e. The molecule has 0 bridgehead atoms. The molecule has 4 rings (SSSR count). The molecule has 1 saturated heterocycles. The summed E-state index contributed by atoms with van der Waals surface area (Å²) in [6.45, 7) is 3.71. The molecule has 2 unspecified atom stereocenters. The quantitative estimate of drug-likeness (QED) is 0.632. The molecule has 1 aliphatic carbocycles. The van der Waals surface area contributed by atoms with Gasteiger partial charge in [-0.1, -0.05) is 54.6 Å². The van der Waals surface area contributed by atoms with E-state index in [2.05, 4.69) is 59.5 Å². The minimum absolute atomic E-state index is 0. The molecule has 0 spiro atoms. The molecule has 0 amide bonds. The van der Waals surface area contributed by atoms with Gasteiger partial charge in [-0.3, -0.25) is 0 Å². The maximum Gasteiger partial charge on any atom is 0.0826 e. The average molecular weight is 386 g/mol. The average Bonchev–Trinajstić information content (AvgIpc) is 2.89. The second kappa shape index (κ2) is 9.73. The second-order valence-corrected chi connectivity index (χ2v) is 8.05. The van der Waals surface area contributed by atoms with E-state index in [1.807, 2.05) is 7.11 Å². The normalized spacial score (nSPS) is 23.9. The van der Waals surface area contributed by atoms with Crippen LogP contribution in [0.3, 0.4) is 0 Å². The maximum absolute atomic E-state index is 5.87. The van der Waals surface area contributed by atoms with Gasteiger partial charge >= 0.3 is 0 Å². The molecule has 1 heterocycles. The van der Waals surface area contributed by atoms with E-state index in [9.17, 15) is 0 Å². The molecule has 0 saturated carbocycles. The van der Waals surface area contributed by atoms with Crippen LogP contribution < -0.4 is 0 Å². The zero-order valence-electron chi connectivity index (χ0n) is 16.3. The lowest BCUT2D eigenvalue weighted by molar-refractivity contribution is 0.0705. The Balaban J connectivity index is 0.00000210. The number of ether oxygens (including phenoxy) is 1. The summed E-state index contributed by atoms with van der Waals surface area (Å²) in [5, 5.41) is 0. The van der Waals surface area contributed by atoms with Crippen molar-refractivity contribution >= 4 is 12.4 Å². The van der Waals surface area contributed by atoms with Crippen molar-refractivity contribution in [3.63, 3.8) is 0 Å². The van der Waals surface area contributed by atoms with Crippen LogP contribution in [0, 0.1) is 5.92 Å². The van der Waals surface area contributed by atoms with Crippen molar-refractivity contribution < 1.29 is 4.74 Å². The molecule has 2 aliphatic rings. The van der Waals surface area contributed by atoms with Gasteiger partial charge in [0.25, 0.3) is 0 Å². The van der Waals surface area contributed by atoms with Crippen LogP contribution in [0.15, 0.2) is 54.6 Å². The molecule has 2 nitrogen and oxygen atoms in total. The first-order valence-corrected chi connectivity index (χ1v) is 10.2. The largest absolute Gasteiger partial charge is 0.377 e. The van der Waals surface area contributed by atoms with Crippen LogP contribution in [0.5, 0.6) is 0 Å². The minimum atomic E-state index is 0. The molecule has 0 radical (unpaired) electrons. The van der Waals surface area contributed by atoms with E-state index in [-0.39, 0.29) is 18.5 Å². The predicted octanol–water partition coefficient (Wildman–Crippen LogP) is 5.63. The molecule has 146 valence electrons. The first kappa shape index (κ1) is 20.4. The molecule has 3 heteroatoms. The van der Waals surface area contributed by atoms with Gasteiger partial charge < -0.3 is 9.64 Å². The topological polar surface area (TPSA) is 12.5 Å². The third-order valence-corrected chi connectivity index (χ3v) is 6.43. The van der Waals surface area contributed by atoms with Gasteiger partial charge in [-0.25, -0.2) is 0 Å². The Labute approximate surface area is 170 Å². The van der Waals surface area contributed by atoms with Gasteiger partial charge in [0.2, 0.25) is 0 Å². The van der Waals surface area contributed by atoms with Crippen LogP contribution in [0.2, 0.25) is 0 Å². The van der Waals surface area contributed by atoms with Crippen molar-refractivity contribution in [2.75, 3.05) is 26.7 Å². The predicted molar refractivity (Wildman–Crippen MR) is 115 cm³/mol. The van der Waals surface area contributed by atoms with E-state index in [1.54, 1.807) is 0 Å². The lowest BCUT2D eigenvalue weighted by Crippen LogP contribution is -2.37. The van der Waals surface area contributed by atoms with E-state index in [4.69, 9.17) is 4.74 Å².